The van der Waals surface area contributed by atoms with Gasteiger partial charge in [-0.2, -0.15) is 0 Å². The first-order valence-electron chi connectivity index (χ1n) is 11.3. The molecule has 1 atom stereocenters. The Morgan fingerprint density at radius 3 is 2.03 bits per heavy atom. The summed E-state index contributed by atoms with van der Waals surface area (Å²) in [6.07, 6.45) is 3.77. The number of carbonyl (C=O) groups excluding carboxylic acids is 2. The molecule has 0 radical (unpaired) electrons. The van der Waals surface area contributed by atoms with Crippen molar-refractivity contribution < 1.29 is 9.59 Å². The van der Waals surface area contributed by atoms with Crippen molar-refractivity contribution in [1.29, 1.82) is 0 Å². The number of nitrogens with zero attached hydrogens (tertiary/aromatic N) is 2. The smallest absolute Gasteiger partial charge is 0.251 e. The highest BCUT2D eigenvalue weighted by atomic mass is 79.9. The Bertz CT molecular complexity index is 1120. The summed E-state index contributed by atoms with van der Waals surface area (Å²) in [6.45, 7) is 10.2. The van der Waals surface area contributed by atoms with E-state index in [1.807, 2.05) is 50.2 Å². The van der Waals surface area contributed by atoms with Gasteiger partial charge in [-0.3, -0.25) is 9.59 Å². The van der Waals surface area contributed by atoms with Crippen LogP contribution in [0.4, 0.5) is 0 Å². The predicted molar refractivity (Wildman–Crippen MR) is 139 cm³/mol. The number of hydrogen-bond donors (Lipinski definition) is 2. The van der Waals surface area contributed by atoms with Crippen molar-refractivity contribution in [2.45, 2.75) is 58.5 Å². The number of rotatable bonds is 7. The molecule has 0 aliphatic carbocycles. The van der Waals surface area contributed by atoms with Gasteiger partial charge in [-0.25, -0.2) is 9.97 Å². The summed E-state index contributed by atoms with van der Waals surface area (Å²) in [5.74, 6) is 0.134. The summed E-state index contributed by atoms with van der Waals surface area (Å²) in [7, 11) is 0. The van der Waals surface area contributed by atoms with Crippen molar-refractivity contribution in [2.75, 3.05) is 0 Å². The fraction of sp³-hybridized carbons (Fsp3) is 0.333. The Hall–Kier alpha value is -3.06. The van der Waals surface area contributed by atoms with Crippen molar-refractivity contribution >= 4 is 27.7 Å². The Morgan fingerprint density at radius 2 is 1.50 bits per heavy atom. The zero-order valence-electron chi connectivity index (χ0n) is 20.2. The second-order valence-corrected chi connectivity index (χ2v) is 10.6. The molecule has 3 rings (SSSR count). The van der Waals surface area contributed by atoms with Crippen LogP contribution in [-0.4, -0.2) is 33.9 Å². The van der Waals surface area contributed by atoms with E-state index in [2.05, 4.69) is 57.3 Å². The van der Waals surface area contributed by atoms with Gasteiger partial charge >= 0.3 is 0 Å². The summed E-state index contributed by atoms with van der Waals surface area (Å²) in [4.78, 5) is 34.5. The van der Waals surface area contributed by atoms with Crippen LogP contribution in [0.3, 0.4) is 0 Å². The molecule has 2 aromatic carbocycles. The molecule has 0 bridgehead atoms. The molecule has 7 heteroatoms. The van der Waals surface area contributed by atoms with E-state index >= 15 is 0 Å². The van der Waals surface area contributed by atoms with Crippen molar-refractivity contribution in [3.63, 3.8) is 0 Å². The summed E-state index contributed by atoms with van der Waals surface area (Å²) < 4.78 is 0.815. The molecule has 34 heavy (non-hydrogen) atoms. The predicted octanol–water partition coefficient (Wildman–Crippen LogP) is 5.07. The number of amides is 2. The van der Waals surface area contributed by atoms with E-state index in [9.17, 15) is 9.59 Å². The second-order valence-electron chi connectivity index (χ2n) is 9.64. The van der Waals surface area contributed by atoms with Crippen molar-refractivity contribution in [1.82, 2.24) is 20.6 Å². The van der Waals surface area contributed by atoms with Crippen LogP contribution in [0, 0.1) is 0 Å². The molecular formula is C27H31BrN4O2. The second kappa shape index (κ2) is 10.9. The van der Waals surface area contributed by atoms with Crippen LogP contribution in [0.15, 0.2) is 65.4 Å². The molecule has 178 valence electrons. The van der Waals surface area contributed by atoms with Crippen LogP contribution in [0.1, 0.15) is 56.1 Å². The molecule has 0 aliphatic rings. The van der Waals surface area contributed by atoms with Gasteiger partial charge in [0.15, 0.2) is 5.82 Å². The van der Waals surface area contributed by atoms with Crippen molar-refractivity contribution in [3.05, 3.63) is 82.1 Å². The van der Waals surface area contributed by atoms with Crippen LogP contribution >= 0.6 is 15.9 Å². The van der Waals surface area contributed by atoms with Gasteiger partial charge in [0.2, 0.25) is 5.91 Å². The first-order valence-corrected chi connectivity index (χ1v) is 12.1. The molecule has 2 N–H and O–H groups in total. The van der Waals surface area contributed by atoms with Gasteiger partial charge in [-0.15, -0.1) is 0 Å². The van der Waals surface area contributed by atoms with Gasteiger partial charge in [-0.1, -0.05) is 57.2 Å². The quantitative estimate of drug-likeness (QED) is 0.453. The van der Waals surface area contributed by atoms with E-state index in [4.69, 9.17) is 0 Å². The van der Waals surface area contributed by atoms with Gasteiger partial charge in [0.25, 0.3) is 5.91 Å². The van der Waals surface area contributed by atoms with Crippen LogP contribution in [-0.2, 0) is 16.6 Å². The normalized spacial score (nSPS) is 12.3. The minimum atomic E-state index is -0.702. The van der Waals surface area contributed by atoms with E-state index in [0.29, 0.717) is 17.8 Å². The molecule has 2 amide bonds. The Labute approximate surface area is 209 Å². The maximum Gasteiger partial charge on any atom is 0.251 e. The number of carbonyl (C=O) groups is 2. The SMILES string of the molecule is CC(C)NC(=O)[C@H](Cc1ccc(-c2ncc(Br)cn2)cc1)NC(=O)c1ccc(C(C)(C)C)cc1. The third-order valence-corrected chi connectivity index (χ3v) is 5.75. The van der Waals surface area contributed by atoms with E-state index in [1.54, 1.807) is 24.5 Å². The fourth-order valence-electron chi connectivity index (χ4n) is 3.44. The first-order chi connectivity index (χ1) is 16.0. The van der Waals surface area contributed by atoms with E-state index < -0.39 is 6.04 Å². The van der Waals surface area contributed by atoms with Crippen molar-refractivity contribution in [3.8, 4) is 11.4 Å². The number of halogens is 1. The summed E-state index contributed by atoms with van der Waals surface area (Å²) >= 11 is 3.34. The van der Waals surface area contributed by atoms with Crippen LogP contribution in [0.5, 0.6) is 0 Å². The third kappa shape index (κ3) is 6.97. The molecule has 0 saturated carbocycles. The van der Waals surface area contributed by atoms with Gasteiger partial charge in [0, 0.05) is 36.0 Å². The van der Waals surface area contributed by atoms with E-state index in [0.717, 1.165) is 21.2 Å². The molecule has 0 fully saturated rings. The zero-order chi connectivity index (χ0) is 24.9. The number of hydrogen-bond acceptors (Lipinski definition) is 4. The van der Waals surface area contributed by atoms with Crippen molar-refractivity contribution in [2.24, 2.45) is 0 Å². The summed E-state index contributed by atoms with van der Waals surface area (Å²) in [5, 5.41) is 5.83. The van der Waals surface area contributed by atoms with Gasteiger partial charge < -0.3 is 10.6 Å². The molecule has 6 nitrogen and oxygen atoms in total. The third-order valence-electron chi connectivity index (χ3n) is 5.34. The molecule has 0 saturated heterocycles. The largest absolute Gasteiger partial charge is 0.352 e. The highest BCUT2D eigenvalue weighted by Crippen LogP contribution is 2.22. The maximum absolute atomic E-state index is 13.0. The molecule has 1 heterocycles. The van der Waals surface area contributed by atoms with Gasteiger partial charge in [0.05, 0.1) is 4.47 Å². The Kier molecular flexibility index (Phi) is 8.20. The van der Waals surface area contributed by atoms with Crippen LogP contribution in [0.25, 0.3) is 11.4 Å². The monoisotopic (exact) mass is 522 g/mol. The zero-order valence-corrected chi connectivity index (χ0v) is 21.8. The lowest BCUT2D eigenvalue weighted by Crippen LogP contribution is -2.49. The standard InChI is InChI=1S/C27H31BrN4O2/c1-17(2)31-26(34)23(32-25(33)20-10-12-21(13-11-20)27(3,4)5)14-18-6-8-19(9-7-18)24-29-15-22(28)16-30-24/h6-13,15-17,23H,14H2,1-5H3,(H,31,34)(H,32,33)/t23-/m0/s1. The van der Waals surface area contributed by atoms with Crippen LogP contribution < -0.4 is 10.6 Å². The lowest BCUT2D eigenvalue weighted by molar-refractivity contribution is -0.123. The topological polar surface area (TPSA) is 84.0 Å². The molecule has 0 unspecified atom stereocenters. The maximum atomic E-state index is 13.0. The van der Waals surface area contributed by atoms with Gasteiger partial charge in [0.1, 0.15) is 6.04 Å². The highest BCUT2D eigenvalue weighted by Gasteiger charge is 2.23. The molecular weight excluding hydrogens is 492 g/mol. The highest BCUT2D eigenvalue weighted by molar-refractivity contribution is 9.10. The van der Waals surface area contributed by atoms with Gasteiger partial charge in [-0.05, 0) is 58.5 Å². The average molecular weight is 523 g/mol. The minimum Gasteiger partial charge on any atom is -0.352 e. The molecule has 0 aliphatic heterocycles. The lowest BCUT2D eigenvalue weighted by Gasteiger charge is -2.21. The number of aromatic nitrogens is 2. The number of benzene rings is 2. The average Bonchev–Trinajstić information content (AvgIpc) is 2.78. The first kappa shape index (κ1) is 25.6. The Morgan fingerprint density at radius 1 is 0.912 bits per heavy atom. The fourth-order valence-corrected chi connectivity index (χ4v) is 3.65. The van der Waals surface area contributed by atoms with Crippen LogP contribution in [0.2, 0.25) is 0 Å². The number of nitrogens with one attached hydrogen (secondary N) is 2. The molecule has 0 spiro atoms. The van der Waals surface area contributed by atoms with E-state index in [-0.39, 0.29) is 23.3 Å². The lowest BCUT2D eigenvalue weighted by atomic mass is 9.86. The summed E-state index contributed by atoms with van der Waals surface area (Å²) in [5.41, 5.74) is 3.48. The molecule has 1 aromatic heterocycles. The molecule has 3 aromatic rings. The minimum absolute atomic E-state index is 0.00212. The van der Waals surface area contributed by atoms with E-state index in [1.165, 1.54) is 0 Å². The summed E-state index contributed by atoms with van der Waals surface area (Å²) in [6, 6.07) is 14.5. The Balaban J connectivity index is 1.76.